The Balaban J connectivity index is 1.90. The number of aliphatic hydroxyl groups is 1. The summed E-state index contributed by atoms with van der Waals surface area (Å²) < 4.78 is 0. The number of aryl methyl sites for hydroxylation is 1. The molecule has 4 heteroatoms. The molecule has 0 bridgehead atoms. The minimum absolute atomic E-state index is 0.0253. The Morgan fingerprint density at radius 3 is 2.72 bits per heavy atom. The zero-order valence-electron chi connectivity index (χ0n) is 11.0. The van der Waals surface area contributed by atoms with E-state index in [1.807, 2.05) is 45.0 Å². The molecule has 0 aliphatic heterocycles. The van der Waals surface area contributed by atoms with Crippen LogP contribution in [0.4, 0.5) is 10.5 Å². The van der Waals surface area contributed by atoms with Crippen LogP contribution in [0.15, 0.2) is 24.3 Å². The molecule has 2 rings (SSSR count). The number of benzene rings is 1. The third kappa shape index (κ3) is 2.48. The first-order valence-corrected chi connectivity index (χ1v) is 6.22. The number of rotatable bonds is 2. The van der Waals surface area contributed by atoms with Crippen molar-refractivity contribution in [2.45, 2.75) is 39.3 Å². The fourth-order valence-corrected chi connectivity index (χ4v) is 2.20. The van der Waals surface area contributed by atoms with E-state index in [1.165, 1.54) is 0 Å². The second kappa shape index (κ2) is 4.61. The molecule has 1 fully saturated rings. The van der Waals surface area contributed by atoms with Crippen LogP contribution in [0, 0.1) is 12.3 Å². The zero-order chi connectivity index (χ0) is 13.3. The average molecular weight is 248 g/mol. The largest absolute Gasteiger partial charge is 0.392 e. The molecule has 1 aliphatic rings. The number of nitrogens with one attached hydrogen (secondary N) is 2. The molecular formula is C14H20N2O2. The van der Waals surface area contributed by atoms with Crippen molar-refractivity contribution in [3.63, 3.8) is 0 Å². The van der Waals surface area contributed by atoms with Gasteiger partial charge in [-0.25, -0.2) is 4.79 Å². The molecule has 0 spiro atoms. The third-order valence-corrected chi connectivity index (χ3v) is 3.80. The summed E-state index contributed by atoms with van der Waals surface area (Å²) in [5.41, 5.74) is 1.64. The molecule has 3 N–H and O–H groups in total. The lowest BCUT2D eigenvalue weighted by Crippen LogP contribution is -2.61. The highest BCUT2D eigenvalue weighted by atomic mass is 16.3. The topological polar surface area (TPSA) is 61.4 Å². The van der Waals surface area contributed by atoms with Gasteiger partial charge < -0.3 is 15.7 Å². The lowest BCUT2D eigenvalue weighted by molar-refractivity contribution is -0.0673. The van der Waals surface area contributed by atoms with Crippen molar-refractivity contribution in [2.24, 2.45) is 5.41 Å². The molecule has 1 aromatic carbocycles. The van der Waals surface area contributed by atoms with E-state index in [4.69, 9.17) is 0 Å². The van der Waals surface area contributed by atoms with Crippen LogP contribution in [0.1, 0.15) is 25.8 Å². The van der Waals surface area contributed by atoms with Gasteiger partial charge in [-0.05, 0) is 31.0 Å². The van der Waals surface area contributed by atoms with Gasteiger partial charge in [0, 0.05) is 17.1 Å². The van der Waals surface area contributed by atoms with Gasteiger partial charge in [0.1, 0.15) is 0 Å². The van der Waals surface area contributed by atoms with E-state index >= 15 is 0 Å². The van der Waals surface area contributed by atoms with Gasteiger partial charge in [0.25, 0.3) is 0 Å². The lowest BCUT2D eigenvalue weighted by Gasteiger charge is -2.49. The Bertz CT molecular complexity index is 457. The maximum absolute atomic E-state index is 11.8. The Morgan fingerprint density at radius 2 is 2.17 bits per heavy atom. The van der Waals surface area contributed by atoms with Crippen LogP contribution >= 0.6 is 0 Å². The Kier molecular flexibility index (Phi) is 3.30. The lowest BCUT2D eigenvalue weighted by atomic mass is 9.65. The first-order valence-electron chi connectivity index (χ1n) is 6.22. The van der Waals surface area contributed by atoms with Gasteiger partial charge in [-0.3, -0.25) is 0 Å². The van der Waals surface area contributed by atoms with Gasteiger partial charge in [0.05, 0.1) is 6.10 Å². The number of hydrogen-bond donors (Lipinski definition) is 3. The number of carbonyl (C=O) groups excluding carboxylic acids is 1. The molecule has 1 saturated carbocycles. The molecule has 0 heterocycles. The predicted octanol–water partition coefficient (Wildman–Crippen LogP) is 2.28. The number of aliphatic hydroxyl groups excluding tert-OH is 1. The molecule has 4 nitrogen and oxygen atoms in total. The number of hydrogen-bond acceptors (Lipinski definition) is 2. The van der Waals surface area contributed by atoms with E-state index < -0.39 is 0 Å². The van der Waals surface area contributed by atoms with Gasteiger partial charge in [0.15, 0.2) is 0 Å². The average Bonchev–Trinajstić information content (AvgIpc) is 2.28. The van der Waals surface area contributed by atoms with Crippen LogP contribution in [-0.2, 0) is 0 Å². The monoisotopic (exact) mass is 248 g/mol. The van der Waals surface area contributed by atoms with Crippen LogP contribution in [-0.4, -0.2) is 23.3 Å². The quantitative estimate of drug-likeness (QED) is 0.752. The second-order valence-electron chi connectivity index (χ2n) is 5.59. The molecule has 2 unspecified atom stereocenters. The summed E-state index contributed by atoms with van der Waals surface area (Å²) in [4.78, 5) is 11.8. The molecule has 0 radical (unpaired) electrons. The van der Waals surface area contributed by atoms with Crippen molar-refractivity contribution in [1.82, 2.24) is 5.32 Å². The molecule has 0 saturated heterocycles. The van der Waals surface area contributed by atoms with Gasteiger partial charge in [-0.2, -0.15) is 0 Å². The van der Waals surface area contributed by atoms with E-state index in [0.717, 1.165) is 11.3 Å². The van der Waals surface area contributed by atoms with Crippen LogP contribution < -0.4 is 10.6 Å². The summed E-state index contributed by atoms with van der Waals surface area (Å²) in [7, 11) is 0. The second-order valence-corrected chi connectivity index (χ2v) is 5.59. The number of anilines is 1. The number of urea groups is 1. The van der Waals surface area contributed by atoms with Crippen molar-refractivity contribution < 1.29 is 9.90 Å². The van der Waals surface area contributed by atoms with E-state index in [-0.39, 0.29) is 23.6 Å². The Morgan fingerprint density at radius 1 is 1.44 bits per heavy atom. The molecular weight excluding hydrogens is 228 g/mol. The number of amides is 2. The van der Waals surface area contributed by atoms with E-state index in [2.05, 4.69) is 10.6 Å². The van der Waals surface area contributed by atoms with Crippen LogP contribution in [0.5, 0.6) is 0 Å². The summed E-state index contributed by atoms with van der Waals surface area (Å²) in [6, 6.07) is 7.47. The normalized spacial score (nSPS) is 25.1. The smallest absolute Gasteiger partial charge is 0.319 e. The standard InChI is InChI=1S/C14H20N2O2/c1-9-5-4-6-10(7-9)15-13(18)16-11-8-12(17)14(11,2)3/h4-7,11-12,17H,8H2,1-3H3,(H2,15,16,18). The van der Waals surface area contributed by atoms with Crippen molar-refractivity contribution in [3.8, 4) is 0 Å². The highest BCUT2D eigenvalue weighted by Gasteiger charge is 2.47. The minimum atomic E-state index is -0.332. The molecule has 98 valence electrons. The van der Waals surface area contributed by atoms with Gasteiger partial charge in [0.2, 0.25) is 0 Å². The highest BCUT2D eigenvalue weighted by Crippen LogP contribution is 2.40. The van der Waals surface area contributed by atoms with Crippen molar-refractivity contribution in [2.75, 3.05) is 5.32 Å². The SMILES string of the molecule is Cc1cccc(NC(=O)NC2CC(O)C2(C)C)c1. The zero-order valence-corrected chi connectivity index (χ0v) is 11.0. The first kappa shape index (κ1) is 12.9. The summed E-state index contributed by atoms with van der Waals surface area (Å²) >= 11 is 0. The maximum atomic E-state index is 11.8. The van der Waals surface area contributed by atoms with Gasteiger partial charge >= 0.3 is 6.03 Å². The number of carbonyl (C=O) groups is 1. The predicted molar refractivity (Wildman–Crippen MR) is 71.5 cm³/mol. The highest BCUT2D eigenvalue weighted by molar-refractivity contribution is 5.89. The van der Waals surface area contributed by atoms with Gasteiger partial charge in [-0.1, -0.05) is 26.0 Å². The molecule has 1 aliphatic carbocycles. The van der Waals surface area contributed by atoms with Crippen LogP contribution in [0.3, 0.4) is 0 Å². The van der Waals surface area contributed by atoms with Crippen LogP contribution in [0.25, 0.3) is 0 Å². The Hall–Kier alpha value is -1.55. The van der Waals surface area contributed by atoms with Crippen molar-refractivity contribution in [1.29, 1.82) is 0 Å². The molecule has 2 amide bonds. The summed E-state index contributed by atoms with van der Waals surface area (Å²) in [5, 5.41) is 15.3. The Labute approximate surface area is 107 Å². The van der Waals surface area contributed by atoms with Gasteiger partial charge in [-0.15, -0.1) is 0 Å². The fraction of sp³-hybridized carbons (Fsp3) is 0.500. The molecule has 0 aromatic heterocycles. The maximum Gasteiger partial charge on any atom is 0.319 e. The van der Waals surface area contributed by atoms with Crippen molar-refractivity contribution >= 4 is 11.7 Å². The molecule has 1 aromatic rings. The van der Waals surface area contributed by atoms with E-state index in [1.54, 1.807) is 0 Å². The van der Waals surface area contributed by atoms with Crippen LogP contribution in [0.2, 0.25) is 0 Å². The molecule has 18 heavy (non-hydrogen) atoms. The summed E-state index contributed by atoms with van der Waals surface area (Å²) in [6.07, 6.45) is 0.288. The molecule has 2 atom stereocenters. The third-order valence-electron chi connectivity index (χ3n) is 3.80. The summed E-state index contributed by atoms with van der Waals surface area (Å²) in [6.45, 7) is 5.89. The minimum Gasteiger partial charge on any atom is -0.392 e. The fourth-order valence-electron chi connectivity index (χ4n) is 2.20. The first-order chi connectivity index (χ1) is 8.39. The van der Waals surface area contributed by atoms with E-state index in [9.17, 15) is 9.90 Å². The summed E-state index contributed by atoms with van der Waals surface area (Å²) in [5.74, 6) is 0. The van der Waals surface area contributed by atoms with E-state index in [0.29, 0.717) is 6.42 Å². The van der Waals surface area contributed by atoms with Crippen molar-refractivity contribution in [3.05, 3.63) is 29.8 Å².